The van der Waals surface area contributed by atoms with Gasteiger partial charge in [0.1, 0.15) is 6.10 Å². The maximum Gasteiger partial charge on any atom is 0.302 e. The van der Waals surface area contributed by atoms with Crippen molar-refractivity contribution < 1.29 is 14.3 Å². The average Bonchev–Trinajstić information content (AvgIpc) is 2.99. The number of carbonyl (C=O) groups is 1. The predicted octanol–water partition coefficient (Wildman–Crippen LogP) is 3.50. The van der Waals surface area contributed by atoms with E-state index in [0.29, 0.717) is 17.8 Å². The Morgan fingerprint density at radius 3 is 2.52 bits per heavy atom. The topological polar surface area (TPSA) is 35.5 Å². The first-order valence-corrected chi connectivity index (χ1v) is 7.92. The first-order valence-electron chi connectivity index (χ1n) is 7.92. The fourth-order valence-electron chi connectivity index (χ4n) is 5.40. The second kappa shape index (κ2) is 4.70. The molecule has 2 saturated carbocycles. The highest BCUT2D eigenvalue weighted by Crippen LogP contribution is 2.77. The lowest BCUT2D eigenvalue weighted by Crippen LogP contribution is -2.40. The van der Waals surface area contributed by atoms with E-state index in [1.54, 1.807) is 7.11 Å². The molecular formula is C18H26O3. The van der Waals surface area contributed by atoms with Gasteiger partial charge in [0.2, 0.25) is 0 Å². The molecule has 0 bridgehead atoms. The third-order valence-corrected chi connectivity index (χ3v) is 5.83. The Balaban J connectivity index is 2.06. The summed E-state index contributed by atoms with van der Waals surface area (Å²) in [6.45, 7) is 10.4. The van der Waals surface area contributed by atoms with Crippen LogP contribution in [0.3, 0.4) is 0 Å². The van der Waals surface area contributed by atoms with Crippen LogP contribution in [0.5, 0.6) is 0 Å². The molecular weight excluding hydrogens is 264 g/mol. The molecule has 0 heterocycles. The van der Waals surface area contributed by atoms with Gasteiger partial charge >= 0.3 is 5.97 Å². The molecule has 3 heteroatoms. The second-order valence-electron chi connectivity index (χ2n) is 7.20. The van der Waals surface area contributed by atoms with Crippen molar-refractivity contribution in [3.05, 3.63) is 22.8 Å². The second-order valence-corrected chi connectivity index (χ2v) is 7.20. The van der Waals surface area contributed by atoms with Gasteiger partial charge in [0.15, 0.2) is 0 Å². The lowest BCUT2D eigenvalue weighted by atomic mass is 9.69. The fraction of sp³-hybridized carbons (Fsp3) is 0.722. The molecule has 3 rings (SSSR count). The zero-order valence-corrected chi connectivity index (χ0v) is 13.9. The van der Waals surface area contributed by atoms with E-state index in [2.05, 4.69) is 33.8 Å². The molecule has 0 unspecified atom stereocenters. The van der Waals surface area contributed by atoms with Crippen molar-refractivity contribution in [2.75, 3.05) is 7.11 Å². The van der Waals surface area contributed by atoms with Crippen molar-refractivity contribution in [3.8, 4) is 0 Å². The Kier molecular flexibility index (Phi) is 3.32. The third kappa shape index (κ3) is 1.79. The number of carbonyl (C=O) groups excluding carboxylic acids is 1. The van der Waals surface area contributed by atoms with Crippen LogP contribution in [-0.2, 0) is 14.3 Å². The highest BCUT2D eigenvalue weighted by atomic mass is 16.5. The van der Waals surface area contributed by atoms with Crippen molar-refractivity contribution in [1.29, 1.82) is 0 Å². The zero-order chi connectivity index (χ0) is 15.5. The van der Waals surface area contributed by atoms with E-state index >= 15 is 0 Å². The van der Waals surface area contributed by atoms with Crippen molar-refractivity contribution in [2.45, 2.75) is 53.2 Å². The molecule has 0 aliphatic heterocycles. The van der Waals surface area contributed by atoms with Gasteiger partial charge in [-0.15, -0.1) is 0 Å². The van der Waals surface area contributed by atoms with Crippen molar-refractivity contribution >= 4 is 5.97 Å². The molecule has 0 aromatic heterocycles. The summed E-state index contributed by atoms with van der Waals surface area (Å²) in [5.74, 6) is 1.18. The van der Waals surface area contributed by atoms with Gasteiger partial charge in [-0.1, -0.05) is 29.7 Å². The smallest absolute Gasteiger partial charge is 0.302 e. The van der Waals surface area contributed by atoms with Crippen molar-refractivity contribution in [1.82, 2.24) is 0 Å². The summed E-state index contributed by atoms with van der Waals surface area (Å²) >= 11 is 0. The lowest BCUT2D eigenvalue weighted by molar-refractivity contribution is -0.151. The third-order valence-electron chi connectivity index (χ3n) is 5.83. The number of rotatable bonds is 2. The van der Waals surface area contributed by atoms with Gasteiger partial charge in [-0.3, -0.25) is 4.79 Å². The predicted molar refractivity (Wildman–Crippen MR) is 81.7 cm³/mol. The SMILES string of the molecule is CO[C@@H]1C=C(C)[C@@]23C(=C(C)C)[C@@H]2[C@H](OC(C)=O)C[C@H](C)[C@@H]13. The van der Waals surface area contributed by atoms with E-state index in [9.17, 15) is 4.79 Å². The minimum atomic E-state index is -0.163. The van der Waals surface area contributed by atoms with Crippen LogP contribution in [0.4, 0.5) is 0 Å². The number of allylic oxidation sites excluding steroid dienone is 2. The Labute approximate surface area is 127 Å². The summed E-state index contributed by atoms with van der Waals surface area (Å²) in [6, 6.07) is 0. The number of hydrogen-bond donors (Lipinski definition) is 0. The molecule has 3 nitrogen and oxygen atoms in total. The summed E-state index contributed by atoms with van der Waals surface area (Å²) in [4.78, 5) is 11.5. The van der Waals surface area contributed by atoms with E-state index in [-0.39, 0.29) is 23.6 Å². The quantitative estimate of drug-likeness (QED) is 0.577. The molecule has 0 amide bonds. The summed E-state index contributed by atoms with van der Waals surface area (Å²) in [7, 11) is 1.80. The first-order chi connectivity index (χ1) is 9.85. The van der Waals surface area contributed by atoms with Gasteiger partial charge in [0.05, 0.1) is 6.10 Å². The van der Waals surface area contributed by atoms with Gasteiger partial charge in [-0.05, 0) is 33.1 Å². The van der Waals surface area contributed by atoms with Gasteiger partial charge in [0, 0.05) is 31.3 Å². The zero-order valence-electron chi connectivity index (χ0n) is 13.9. The number of methoxy groups -OCH3 is 1. The molecule has 0 saturated heterocycles. The Hall–Kier alpha value is -1.09. The van der Waals surface area contributed by atoms with Gasteiger partial charge in [0.25, 0.3) is 0 Å². The van der Waals surface area contributed by atoms with Crippen LogP contribution in [0.25, 0.3) is 0 Å². The van der Waals surface area contributed by atoms with Gasteiger partial charge in [-0.25, -0.2) is 0 Å². The molecule has 0 N–H and O–H groups in total. The van der Waals surface area contributed by atoms with Crippen LogP contribution < -0.4 is 0 Å². The summed E-state index contributed by atoms with van der Waals surface area (Å²) in [5, 5.41) is 0. The standard InChI is InChI=1S/C18H26O3/c1-9(2)15-17-14(21-12(5)19)7-10(3)16-13(20-6)8-11(4)18(15,16)17/h8,10,13-14,16-17H,7H2,1-6H3/t10-,13+,14+,16-,17-,18-/m0/s1. The Morgan fingerprint density at radius 1 is 1.33 bits per heavy atom. The minimum absolute atomic E-state index is 0.0256. The van der Waals surface area contributed by atoms with Crippen LogP contribution >= 0.6 is 0 Å². The molecule has 0 radical (unpaired) electrons. The molecule has 0 aromatic rings. The largest absolute Gasteiger partial charge is 0.462 e. The van der Waals surface area contributed by atoms with E-state index in [0.717, 1.165) is 6.42 Å². The summed E-state index contributed by atoms with van der Waals surface area (Å²) in [6.07, 6.45) is 3.45. The van der Waals surface area contributed by atoms with E-state index in [1.165, 1.54) is 23.6 Å². The van der Waals surface area contributed by atoms with Crippen LogP contribution in [0.1, 0.15) is 41.0 Å². The van der Waals surface area contributed by atoms with Crippen LogP contribution in [0.15, 0.2) is 22.8 Å². The molecule has 3 aliphatic carbocycles. The number of esters is 1. The van der Waals surface area contributed by atoms with Crippen LogP contribution in [-0.4, -0.2) is 25.3 Å². The normalized spacial score (nSPS) is 43.8. The molecule has 1 spiro atoms. The van der Waals surface area contributed by atoms with Crippen LogP contribution in [0.2, 0.25) is 0 Å². The highest BCUT2D eigenvalue weighted by Gasteiger charge is 2.74. The average molecular weight is 290 g/mol. The Bertz CT molecular complexity index is 541. The van der Waals surface area contributed by atoms with E-state index in [1.807, 2.05) is 0 Å². The highest BCUT2D eigenvalue weighted by molar-refractivity contribution is 5.67. The molecule has 6 atom stereocenters. The summed E-state index contributed by atoms with van der Waals surface area (Å²) in [5.41, 5.74) is 4.37. The maximum atomic E-state index is 11.5. The van der Waals surface area contributed by atoms with E-state index < -0.39 is 0 Å². The fourth-order valence-corrected chi connectivity index (χ4v) is 5.40. The molecule has 116 valence electrons. The maximum absolute atomic E-state index is 11.5. The number of hydrogen-bond acceptors (Lipinski definition) is 3. The van der Waals surface area contributed by atoms with Crippen molar-refractivity contribution in [3.63, 3.8) is 0 Å². The molecule has 21 heavy (non-hydrogen) atoms. The van der Waals surface area contributed by atoms with Gasteiger partial charge in [-0.2, -0.15) is 0 Å². The van der Waals surface area contributed by atoms with E-state index in [4.69, 9.17) is 9.47 Å². The molecule has 2 fully saturated rings. The lowest BCUT2D eigenvalue weighted by Gasteiger charge is -2.38. The van der Waals surface area contributed by atoms with Crippen molar-refractivity contribution in [2.24, 2.45) is 23.2 Å². The first kappa shape index (κ1) is 14.8. The monoisotopic (exact) mass is 290 g/mol. The number of ether oxygens (including phenoxy) is 2. The Morgan fingerprint density at radius 2 is 2.00 bits per heavy atom. The molecule has 0 aromatic carbocycles. The van der Waals surface area contributed by atoms with Gasteiger partial charge < -0.3 is 9.47 Å². The molecule has 3 aliphatic rings. The van der Waals surface area contributed by atoms with Crippen LogP contribution in [0, 0.1) is 23.2 Å². The summed E-state index contributed by atoms with van der Waals surface area (Å²) < 4.78 is 11.4. The minimum Gasteiger partial charge on any atom is -0.462 e.